The van der Waals surface area contributed by atoms with E-state index in [4.69, 9.17) is 11.6 Å². The van der Waals surface area contributed by atoms with Crippen molar-refractivity contribution in [2.45, 2.75) is 12.7 Å². The maximum Gasteiger partial charge on any atom is 0.174 e. The fourth-order valence-electron chi connectivity index (χ4n) is 1.79. The molecule has 2 rings (SSSR count). The average Bonchev–Trinajstić information content (AvgIpc) is 2.41. The molecule has 0 bridgehead atoms. The highest BCUT2D eigenvalue weighted by molar-refractivity contribution is 7.99. The molecule has 0 amide bonds. The van der Waals surface area contributed by atoms with E-state index in [9.17, 15) is 4.79 Å². The van der Waals surface area contributed by atoms with Gasteiger partial charge < -0.3 is 0 Å². The summed E-state index contributed by atoms with van der Waals surface area (Å²) in [5.74, 6) is 1.39. The lowest BCUT2D eigenvalue weighted by molar-refractivity contribution is 0.102. The number of thioether (sulfide) groups is 1. The maximum atomic E-state index is 12.0. The molecule has 3 heteroatoms. The molecule has 19 heavy (non-hydrogen) atoms. The lowest BCUT2D eigenvalue weighted by atomic mass is 10.1. The summed E-state index contributed by atoms with van der Waals surface area (Å²) in [6.07, 6.45) is 0. The zero-order valence-electron chi connectivity index (χ0n) is 10.7. The largest absolute Gasteiger partial charge is 0.293 e. The molecule has 0 aliphatic carbocycles. The third-order valence-corrected chi connectivity index (χ3v) is 4.24. The Morgan fingerprint density at radius 3 is 2.53 bits per heavy atom. The van der Waals surface area contributed by atoms with Gasteiger partial charge in [0.05, 0.1) is 10.8 Å². The molecule has 0 aliphatic rings. The van der Waals surface area contributed by atoms with Crippen LogP contribution < -0.4 is 0 Å². The highest BCUT2D eigenvalue weighted by Gasteiger charge is 2.09. The highest BCUT2D eigenvalue weighted by atomic mass is 35.5. The van der Waals surface area contributed by atoms with Crippen molar-refractivity contribution < 1.29 is 4.79 Å². The van der Waals surface area contributed by atoms with Crippen LogP contribution in [0.5, 0.6) is 0 Å². The first-order chi connectivity index (χ1) is 9.18. The molecule has 98 valence electrons. The summed E-state index contributed by atoms with van der Waals surface area (Å²) >= 11 is 7.63. The van der Waals surface area contributed by atoms with Gasteiger partial charge in [-0.2, -0.15) is 0 Å². The molecule has 0 spiro atoms. The van der Waals surface area contributed by atoms with Crippen molar-refractivity contribution in [2.24, 2.45) is 0 Å². The van der Waals surface area contributed by atoms with Crippen LogP contribution in [0.25, 0.3) is 0 Å². The number of halogens is 1. The topological polar surface area (TPSA) is 17.1 Å². The van der Waals surface area contributed by atoms with Crippen LogP contribution in [0.4, 0.5) is 0 Å². The Labute approximate surface area is 123 Å². The number of rotatable bonds is 5. The third kappa shape index (κ3) is 3.85. The number of Topliss-reactive ketones (excluding diaryl/α,β-unsaturated/α-hetero) is 1. The third-order valence-electron chi connectivity index (χ3n) is 2.93. The number of carbonyl (C=O) groups excluding carboxylic acids is 1. The summed E-state index contributed by atoms with van der Waals surface area (Å²) in [6.45, 7) is 2.09. The molecular formula is C16H15ClOS. The van der Waals surface area contributed by atoms with Crippen molar-refractivity contribution in [1.82, 2.24) is 0 Å². The van der Waals surface area contributed by atoms with Crippen LogP contribution in [-0.2, 0) is 5.75 Å². The molecule has 0 heterocycles. The SMILES string of the molecule is Cc1ccccc1CSCC(=O)c1ccccc1Cl. The average molecular weight is 291 g/mol. The first-order valence-electron chi connectivity index (χ1n) is 6.08. The molecule has 1 nitrogen and oxygen atoms in total. The zero-order chi connectivity index (χ0) is 13.7. The quantitative estimate of drug-likeness (QED) is 0.738. The number of benzene rings is 2. The van der Waals surface area contributed by atoms with Gasteiger partial charge in [-0.05, 0) is 30.2 Å². The normalized spacial score (nSPS) is 10.4. The first-order valence-corrected chi connectivity index (χ1v) is 7.61. The fraction of sp³-hybridized carbons (Fsp3) is 0.188. The van der Waals surface area contributed by atoms with Crippen LogP contribution in [0.15, 0.2) is 48.5 Å². The van der Waals surface area contributed by atoms with Crippen LogP contribution in [0, 0.1) is 6.92 Å². The molecule has 2 aromatic carbocycles. The second kappa shape index (κ2) is 6.78. The fourth-order valence-corrected chi connectivity index (χ4v) is 3.02. The van der Waals surface area contributed by atoms with Gasteiger partial charge in [-0.15, -0.1) is 11.8 Å². The van der Waals surface area contributed by atoms with Crippen molar-refractivity contribution in [1.29, 1.82) is 0 Å². The zero-order valence-corrected chi connectivity index (χ0v) is 12.3. The lowest BCUT2D eigenvalue weighted by Gasteiger charge is -2.06. The Morgan fingerprint density at radius 1 is 1.11 bits per heavy atom. The number of carbonyl (C=O) groups is 1. The minimum absolute atomic E-state index is 0.0872. The Morgan fingerprint density at radius 2 is 1.79 bits per heavy atom. The molecule has 0 radical (unpaired) electrons. The van der Waals surface area contributed by atoms with Gasteiger partial charge in [0.15, 0.2) is 5.78 Å². The van der Waals surface area contributed by atoms with E-state index in [1.54, 1.807) is 23.9 Å². The first kappa shape index (κ1) is 14.2. The molecule has 0 unspecified atom stereocenters. The van der Waals surface area contributed by atoms with Crippen molar-refractivity contribution >= 4 is 29.1 Å². The number of ketones is 1. The predicted molar refractivity (Wildman–Crippen MR) is 83.1 cm³/mol. The van der Waals surface area contributed by atoms with E-state index in [1.807, 2.05) is 24.3 Å². The summed E-state index contributed by atoms with van der Waals surface area (Å²) < 4.78 is 0. The number of hydrogen-bond donors (Lipinski definition) is 0. The van der Waals surface area contributed by atoms with Gasteiger partial charge in [0, 0.05) is 11.3 Å². The van der Waals surface area contributed by atoms with Crippen molar-refractivity contribution in [3.63, 3.8) is 0 Å². The van der Waals surface area contributed by atoms with E-state index in [1.165, 1.54) is 11.1 Å². The molecule has 0 aliphatic heterocycles. The summed E-state index contributed by atoms with van der Waals surface area (Å²) in [5, 5.41) is 0.531. The minimum atomic E-state index is 0.0872. The van der Waals surface area contributed by atoms with Crippen LogP contribution in [0.3, 0.4) is 0 Å². The van der Waals surface area contributed by atoms with Gasteiger partial charge in [-0.3, -0.25) is 4.79 Å². The van der Waals surface area contributed by atoms with E-state index in [0.29, 0.717) is 16.3 Å². The van der Waals surface area contributed by atoms with Gasteiger partial charge in [-0.1, -0.05) is 48.0 Å². The molecular weight excluding hydrogens is 276 g/mol. The van der Waals surface area contributed by atoms with Crippen LogP contribution in [0.1, 0.15) is 21.5 Å². The van der Waals surface area contributed by atoms with Crippen molar-refractivity contribution in [2.75, 3.05) is 5.75 Å². The van der Waals surface area contributed by atoms with Crippen LogP contribution in [0.2, 0.25) is 5.02 Å². The predicted octanol–water partition coefficient (Wildman–Crippen LogP) is 4.76. The highest BCUT2D eigenvalue weighted by Crippen LogP contribution is 2.20. The molecule has 2 aromatic rings. The van der Waals surface area contributed by atoms with E-state index in [0.717, 1.165) is 5.75 Å². The van der Waals surface area contributed by atoms with Gasteiger partial charge >= 0.3 is 0 Å². The van der Waals surface area contributed by atoms with E-state index < -0.39 is 0 Å². The molecule has 0 saturated heterocycles. The van der Waals surface area contributed by atoms with Gasteiger partial charge in [0.2, 0.25) is 0 Å². The smallest absolute Gasteiger partial charge is 0.174 e. The minimum Gasteiger partial charge on any atom is -0.293 e. The Balaban J connectivity index is 1.92. The maximum absolute atomic E-state index is 12.0. The monoisotopic (exact) mass is 290 g/mol. The summed E-state index contributed by atoms with van der Waals surface area (Å²) in [6, 6.07) is 15.4. The van der Waals surface area contributed by atoms with Crippen LogP contribution >= 0.6 is 23.4 Å². The summed E-state index contributed by atoms with van der Waals surface area (Å²) in [5.41, 5.74) is 3.15. The summed E-state index contributed by atoms with van der Waals surface area (Å²) in [4.78, 5) is 12.0. The Bertz CT molecular complexity index is 580. The Kier molecular flexibility index (Phi) is 5.06. The van der Waals surface area contributed by atoms with Crippen molar-refractivity contribution in [3.05, 3.63) is 70.2 Å². The van der Waals surface area contributed by atoms with Gasteiger partial charge in [0.1, 0.15) is 0 Å². The lowest BCUT2D eigenvalue weighted by Crippen LogP contribution is -2.03. The molecule has 0 aromatic heterocycles. The van der Waals surface area contributed by atoms with Crippen molar-refractivity contribution in [3.8, 4) is 0 Å². The van der Waals surface area contributed by atoms with E-state index in [-0.39, 0.29) is 5.78 Å². The second-order valence-corrected chi connectivity index (χ2v) is 5.72. The van der Waals surface area contributed by atoms with E-state index >= 15 is 0 Å². The second-order valence-electron chi connectivity index (χ2n) is 4.32. The van der Waals surface area contributed by atoms with Crippen LogP contribution in [-0.4, -0.2) is 11.5 Å². The Hall–Kier alpha value is -1.25. The summed E-state index contributed by atoms with van der Waals surface area (Å²) in [7, 11) is 0. The number of aryl methyl sites for hydroxylation is 1. The molecule has 0 fully saturated rings. The van der Waals surface area contributed by atoms with Gasteiger partial charge in [-0.25, -0.2) is 0 Å². The van der Waals surface area contributed by atoms with E-state index in [2.05, 4.69) is 19.1 Å². The molecule has 0 atom stereocenters. The molecule has 0 saturated carbocycles. The standard InChI is InChI=1S/C16H15ClOS/c1-12-6-2-3-7-13(12)10-19-11-16(18)14-8-4-5-9-15(14)17/h2-9H,10-11H2,1H3. The molecule has 0 N–H and O–H groups in total. The van der Waals surface area contributed by atoms with Gasteiger partial charge in [0.25, 0.3) is 0 Å². The number of hydrogen-bond acceptors (Lipinski definition) is 2.